The van der Waals surface area contributed by atoms with Crippen molar-refractivity contribution in [1.82, 2.24) is 10.6 Å². The van der Waals surface area contributed by atoms with Crippen molar-refractivity contribution in [1.29, 1.82) is 0 Å². The van der Waals surface area contributed by atoms with Gasteiger partial charge < -0.3 is 36.2 Å². The molecular formula is C24H48N2O7. The zero-order valence-corrected chi connectivity index (χ0v) is 21.4. The first-order valence-corrected chi connectivity index (χ1v) is 12.3. The number of rotatable bonds is 17. The first-order valence-electron chi connectivity index (χ1n) is 12.3. The molecule has 0 saturated carbocycles. The van der Waals surface area contributed by atoms with E-state index in [0.717, 1.165) is 25.7 Å². The molecule has 0 rings (SSSR count). The molecule has 33 heavy (non-hydrogen) atoms. The highest BCUT2D eigenvalue weighted by molar-refractivity contribution is 5.88. The number of aliphatic hydroxyl groups is 5. The Morgan fingerprint density at radius 3 is 1.79 bits per heavy atom. The maximum atomic E-state index is 13.4. The van der Waals surface area contributed by atoms with Crippen molar-refractivity contribution in [3.8, 4) is 0 Å². The van der Waals surface area contributed by atoms with Crippen LogP contribution in [0.3, 0.4) is 0 Å². The van der Waals surface area contributed by atoms with Gasteiger partial charge in [-0.3, -0.25) is 9.59 Å². The lowest BCUT2D eigenvalue weighted by Crippen LogP contribution is -2.57. The molecule has 9 nitrogen and oxygen atoms in total. The zero-order chi connectivity index (χ0) is 25.9. The van der Waals surface area contributed by atoms with Crippen molar-refractivity contribution in [2.45, 2.75) is 110 Å². The number of carbonyl (C=O) groups is 2. The highest BCUT2D eigenvalue weighted by Gasteiger charge is 2.38. The number of aliphatic hydroxyl groups excluding tert-OH is 5. The maximum absolute atomic E-state index is 13.4. The third-order valence-corrected chi connectivity index (χ3v) is 7.30. The van der Waals surface area contributed by atoms with Crippen LogP contribution in [0.4, 0.5) is 0 Å². The fourth-order valence-corrected chi connectivity index (χ4v) is 3.81. The SMILES string of the molecule is CCC(CC)C(=O)C(NC(C)(CC)CC)C(C)C(C)C(=O)NCC(O)C(O)C(O)C(O)CO. The van der Waals surface area contributed by atoms with E-state index in [-0.39, 0.29) is 29.7 Å². The summed E-state index contributed by atoms with van der Waals surface area (Å²) in [7, 11) is 0. The summed E-state index contributed by atoms with van der Waals surface area (Å²) in [6.45, 7) is 12.6. The van der Waals surface area contributed by atoms with Crippen LogP contribution in [-0.4, -0.2) is 86.4 Å². The fourth-order valence-electron chi connectivity index (χ4n) is 3.81. The Labute approximate surface area is 199 Å². The van der Waals surface area contributed by atoms with E-state index in [1.165, 1.54) is 0 Å². The summed E-state index contributed by atoms with van der Waals surface area (Å²) >= 11 is 0. The molecular weight excluding hydrogens is 428 g/mol. The Bertz CT molecular complexity index is 581. The van der Waals surface area contributed by atoms with Crippen molar-refractivity contribution in [2.24, 2.45) is 17.8 Å². The van der Waals surface area contributed by atoms with Crippen molar-refractivity contribution in [3.05, 3.63) is 0 Å². The molecule has 0 aromatic heterocycles. The van der Waals surface area contributed by atoms with Gasteiger partial charge in [-0.2, -0.15) is 0 Å². The fraction of sp³-hybridized carbons (Fsp3) is 0.917. The molecule has 0 heterocycles. The smallest absolute Gasteiger partial charge is 0.223 e. The minimum atomic E-state index is -1.76. The second-order valence-corrected chi connectivity index (χ2v) is 9.50. The largest absolute Gasteiger partial charge is 0.394 e. The Balaban J connectivity index is 5.41. The Morgan fingerprint density at radius 1 is 0.879 bits per heavy atom. The molecule has 0 bridgehead atoms. The monoisotopic (exact) mass is 476 g/mol. The minimum absolute atomic E-state index is 0.0943. The number of carbonyl (C=O) groups excluding carboxylic acids is 2. The number of amides is 1. The summed E-state index contributed by atoms with van der Waals surface area (Å²) in [6, 6.07) is -0.516. The van der Waals surface area contributed by atoms with Gasteiger partial charge in [0, 0.05) is 23.9 Å². The van der Waals surface area contributed by atoms with Gasteiger partial charge in [-0.05, 0) is 38.5 Å². The third-order valence-electron chi connectivity index (χ3n) is 7.30. The molecule has 0 spiro atoms. The van der Waals surface area contributed by atoms with E-state index >= 15 is 0 Å². The van der Waals surface area contributed by atoms with Gasteiger partial charge in [0.1, 0.15) is 18.3 Å². The predicted molar refractivity (Wildman–Crippen MR) is 127 cm³/mol. The topological polar surface area (TPSA) is 159 Å². The van der Waals surface area contributed by atoms with Gasteiger partial charge in [0.2, 0.25) is 5.91 Å². The summed E-state index contributed by atoms with van der Waals surface area (Å²) in [4.78, 5) is 26.2. The highest BCUT2D eigenvalue weighted by atomic mass is 16.4. The standard InChI is InChI=1S/C24H48N2O7/c1-8-16(9-2)20(30)19(26-24(7,10-3)11-4)14(5)15(6)23(33)25-12-17(28)21(31)22(32)18(29)13-27/h14-19,21-22,26-29,31-32H,8-13H2,1-7H3,(H,25,33). The normalized spacial score (nSPS) is 18.8. The molecule has 1 amide bonds. The Kier molecular flexibility index (Phi) is 14.5. The van der Waals surface area contributed by atoms with Crippen molar-refractivity contribution >= 4 is 11.7 Å². The zero-order valence-electron chi connectivity index (χ0n) is 21.4. The minimum Gasteiger partial charge on any atom is -0.394 e. The van der Waals surface area contributed by atoms with Crippen molar-refractivity contribution in [2.75, 3.05) is 13.2 Å². The predicted octanol–water partition coefficient (Wildman–Crippen LogP) is 0.353. The van der Waals surface area contributed by atoms with Crippen LogP contribution >= 0.6 is 0 Å². The van der Waals surface area contributed by atoms with E-state index in [1.54, 1.807) is 6.92 Å². The highest BCUT2D eigenvalue weighted by Crippen LogP contribution is 2.26. The van der Waals surface area contributed by atoms with Crippen LogP contribution in [0, 0.1) is 17.8 Å². The van der Waals surface area contributed by atoms with Crippen LogP contribution in [0.25, 0.3) is 0 Å². The summed E-state index contributed by atoms with van der Waals surface area (Å²) in [6.07, 6.45) is -3.56. The maximum Gasteiger partial charge on any atom is 0.223 e. The van der Waals surface area contributed by atoms with E-state index in [4.69, 9.17) is 5.11 Å². The third kappa shape index (κ3) is 9.22. The second kappa shape index (κ2) is 15.0. The molecule has 9 heteroatoms. The van der Waals surface area contributed by atoms with Crippen LogP contribution < -0.4 is 10.6 Å². The average molecular weight is 477 g/mol. The van der Waals surface area contributed by atoms with E-state index in [1.807, 2.05) is 20.8 Å². The molecule has 0 aromatic carbocycles. The number of hydrogen-bond donors (Lipinski definition) is 7. The lowest BCUT2D eigenvalue weighted by molar-refractivity contribution is -0.132. The Hall–Kier alpha value is -1.10. The van der Waals surface area contributed by atoms with Crippen LogP contribution in [0.15, 0.2) is 0 Å². The van der Waals surface area contributed by atoms with Crippen LogP contribution in [0.1, 0.15) is 74.1 Å². The average Bonchev–Trinajstić information content (AvgIpc) is 2.83. The molecule has 7 atom stereocenters. The summed E-state index contributed by atoms with van der Waals surface area (Å²) in [5.41, 5.74) is -0.249. The number of Topliss-reactive ketones (excluding diaryl/α,β-unsaturated/α-hetero) is 1. The van der Waals surface area contributed by atoms with Crippen molar-refractivity contribution < 1.29 is 35.1 Å². The van der Waals surface area contributed by atoms with Crippen LogP contribution in [0.5, 0.6) is 0 Å². The van der Waals surface area contributed by atoms with Gasteiger partial charge in [0.05, 0.1) is 18.8 Å². The number of ketones is 1. The molecule has 0 aliphatic heterocycles. The number of nitrogens with one attached hydrogen (secondary N) is 2. The molecule has 7 N–H and O–H groups in total. The van der Waals surface area contributed by atoms with E-state index in [9.17, 15) is 30.0 Å². The molecule has 7 unspecified atom stereocenters. The second-order valence-electron chi connectivity index (χ2n) is 9.50. The van der Waals surface area contributed by atoms with Crippen LogP contribution in [0.2, 0.25) is 0 Å². The van der Waals surface area contributed by atoms with Gasteiger partial charge >= 0.3 is 0 Å². The summed E-state index contributed by atoms with van der Waals surface area (Å²) in [5, 5.41) is 54.1. The van der Waals surface area contributed by atoms with E-state index in [2.05, 4.69) is 31.4 Å². The van der Waals surface area contributed by atoms with Gasteiger partial charge in [-0.1, -0.05) is 41.5 Å². The van der Waals surface area contributed by atoms with Gasteiger partial charge in [-0.25, -0.2) is 0 Å². The number of hydrogen-bond acceptors (Lipinski definition) is 8. The van der Waals surface area contributed by atoms with Crippen molar-refractivity contribution in [3.63, 3.8) is 0 Å². The molecule has 0 radical (unpaired) electrons. The Morgan fingerprint density at radius 2 is 1.36 bits per heavy atom. The molecule has 0 aromatic rings. The lowest BCUT2D eigenvalue weighted by Gasteiger charge is -2.38. The molecule has 196 valence electrons. The van der Waals surface area contributed by atoms with Gasteiger partial charge in [-0.15, -0.1) is 0 Å². The van der Waals surface area contributed by atoms with E-state index in [0.29, 0.717) is 0 Å². The molecule has 0 aliphatic carbocycles. The van der Waals surface area contributed by atoms with Crippen LogP contribution in [-0.2, 0) is 9.59 Å². The van der Waals surface area contributed by atoms with E-state index < -0.39 is 48.9 Å². The first kappa shape index (κ1) is 31.9. The summed E-state index contributed by atoms with van der Waals surface area (Å²) < 4.78 is 0. The van der Waals surface area contributed by atoms with Gasteiger partial charge in [0.25, 0.3) is 0 Å². The van der Waals surface area contributed by atoms with Gasteiger partial charge in [0.15, 0.2) is 5.78 Å². The lowest BCUT2D eigenvalue weighted by atomic mass is 9.79. The summed E-state index contributed by atoms with van der Waals surface area (Å²) in [5.74, 6) is -1.31. The molecule has 0 fully saturated rings. The molecule has 0 aliphatic rings. The molecule has 0 saturated heterocycles. The first-order chi connectivity index (χ1) is 15.3. The quantitative estimate of drug-likeness (QED) is 0.158.